The van der Waals surface area contributed by atoms with E-state index in [-0.39, 0.29) is 0 Å². The van der Waals surface area contributed by atoms with Crippen molar-refractivity contribution in [3.05, 3.63) is 23.8 Å². The number of hydrogen-bond acceptors (Lipinski definition) is 2. The Hall–Kier alpha value is -1.62. The van der Waals surface area contributed by atoms with Gasteiger partial charge in [0, 0.05) is 5.69 Å². The molecule has 0 fully saturated rings. The van der Waals surface area contributed by atoms with Crippen LogP contribution in [-0.4, -0.2) is 13.7 Å². The number of nitrogens with one attached hydrogen (secondary N) is 1. The second-order valence-corrected chi connectivity index (χ2v) is 2.74. The summed E-state index contributed by atoms with van der Waals surface area (Å²) in [5.41, 5.74) is 2.13. The van der Waals surface area contributed by atoms with Crippen molar-refractivity contribution in [2.24, 2.45) is 0 Å². The van der Waals surface area contributed by atoms with Crippen LogP contribution >= 0.6 is 0 Å². The highest BCUT2D eigenvalue weighted by atomic mass is 16.5. The molecule has 0 amide bonds. The average molecular weight is 175 g/mol. The van der Waals surface area contributed by atoms with Gasteiger partial charge in [0.25, 0.3) is 0 Å². The van der Waals surface area contributed by atoms with Crippen molar-refractivity contribution in [1.82, 2.24) is 0 Å². The van der Waals surface area contributed by atoms with E-state index < -0.39 is 0 Å². The Kier molecular flexibility index (Phi) is 3.22. The molecule has 0 saturated heterocycles. The summed E-state index contributed by atoms with van der Waals surface area (Å²) in [5.74, 6) is 3.42. The van der Waals surface area contributed by atoms with Crippen molar-refractivity contribution < 1.29 is 4.74 Å². The summed E-state index contributed by atoms with van der Waals surface area (Å²) >= 11 is 0. The van der Waals surface area contributed by atoms with Gasteiger partial charge >= 0.3 is 0 Å². The second-order valence-electron chi connectivity index (χ2n) is 2.74. The molecule has 0 heterocycles. The number of anilines is 1. The second kappa shape index (κ2) is 4.42. The molecule has 1 aromatic rings. The maximum atomic E-state index is 5.14. The molecule has 2 heteroatoms. The zero-order chi connectivity index (χ0) is 9.68. The molecule has 0 unspecified atom stereocenters. The van der Waals surface area contributed by atoms with Gasteiger partial charge in [0.15, 0.2) is 0 Å². The molecule has 1 aromatic carbocycles. The highest BCUT2D eigenvalue weighted by molar-refractivity contribution is 5.51. The van der Waals surface area contributed by atoms with E-state index in [0.29, 0.717) is 6.54 Å². The number of methoxy groups -OCH3 is 1. The number of aryl methyl sites for hydroxylation is 1. The van der Waals surface area contributed by atoms with Crippen molar-refractivity contribution in [2.75, 3.05) is 19.0 Å². The first-order valence-corrected chi connectivity index (χ1v) is 4.10. The van der Waals surface area contributed by atoms with E-state index in [1.807, 2.05) is 25.1 Å². The van der Waals surface area contributed by atoms with Crippen LogP contribution in [0.2, 0.25) is 0 Å². The molecule has 2 nitrogen and oxygen atoms in total. The number of hydrogen-bond donors (Lipinski definition) is 1. The maximum absolute atomic E-state index is 5.14. The molecule has 13 heavy (non-hydrogen) atoms. The normalized spacial score (nSPS) is 9.00. The van der Waals surface area contributed by atoms with Crippen molar-refractivity contribution in [3.63, 3.8) is 0 Å². The highest BCUT2D eigenvalue weighted by Gasteiger charge is 1.97. The summed E-state index contributed by atoms with van der Waals surface area (Å²) in [6.07, 6.45) is 5.13. The number of ether oxygens (including phenoxy) is 1. The van der Waals surface area contributed by atoms with Crippen LogP contribution in [0.1, 0.15) is 5.56 Å². The van der Waals surface area contributed by atoms with Crippen molar-refractivity contribution in [3.8, 4) is 18.1 Å². The first kappa shape index (κ1) is 9.47. The van der Waals surface area contributed by atoms with Crippen LogP contribution in [0.5, 0.6) is 5.75 Å². The minimum absolute atomic E-state index is 0.547. The molecular formula is C11H13NO. The third-order valence-electron chi connectivity index (χ3n) is 1.79. The van der Waals surface area contributed by atoms with E-state index in [2.05, 4.69) is 11.2 Å². The highest BCUT2D eigenvalue weighted by Crippen LogP contribution is 2.20. The zero-order valence-corrected chi connectivity index (χ0v) is 7.92. The lowest BCUT2D eigenvalue weighted by molar-refractivity contribution is 0.412. The Balaban J connectivity index is 2.78. The molecule has 1 N–H and O–H groups in total. The molecule has 0 atom stereocenters. The molecule has 0 saturated carbocycles. The minimum atomic E-state index is 0.547. The van der Waals surface area contributed by atoms with Crippen molar-refractivity contribution in [1.29, 1.82) is 0 Å². The van der Waals surface area contributed by atoms with E-state index in [1.54, 1.807) is 7.11 Å². The van der Waals surface area contributed by atoms with Gasteiger partial charge in [0.1, 0.15) is 5.75 Å². The molecule has 0 aliphatic heterocycles. The van der Waals surface area contributed by atoms with Gasteiger partial charge in [-0.2, -0.15) is 0 Å². The van der Waals surface area contributed by atoms with E-state index in [9.17, 15) is 0 Å². The van der Waals surface area contributed by atoms with Gasteiger partial charge in [-0.1, -0.05) is 5.92 Å². The topological polar surface area (TPSA) is 21.3 Å². The van der Waals surface area contributed by atoms with Gasteiger partial charge in [0.2, 0.25) is 0 Å². The Morgan fingerprint density at radius 2 is 2.31 bits per heavy atom. The molecule has 0 radical (unpaired) electrons. The zero-order valence-electron chi connectivity index (χ0n) is 7.92. The van der Waals surface area contributed by atoms with Gasteiger partial charge in [-0.15, -0.1) is 6.42 Å². The number of rotatable bonds is 3. The summed E-state index contributed by atoms with van der Waals surface area (Å²) < 4.78 is 5.14. The van der Waals surface area contributed by atoms with Crippen LogP contribution < -0.4 is 10.1 Å². The third-order valence-corrected chi connectivity index (χ3v) is 1.79. The summed E-state index contributed by atoms with van der Waals surface area (Å²) in [5, 5.41) is 3.09. The Morgan fingerprint density at radius 3 is 2.85 bits per heavy atom. The fourth-order valence-electron chi connectivity index (χ4n) is 1.14. The van der Waals surface area contributed by atoms with Crippen LogP contribution in [0.4, 0.5) is 5.69 Å². The van der Waals surface area contributed by atoms with E-state index in [4.69, 9.17) is 11.2 Å². The lowest BCUT2D eigenvalue weighted by atomic mass is 10.2. The summed E-state index contributed by atoms with van der Waals surface area (Å²) in [4.78, 5) is 0. The predicted octanol–water partition coefficient (Wildman–Crippen LogP) is 2.05. The molecule has 0 spiro atoms. The van der Waals surface area contributed by atoms with Crippen molar-refractivity contribution >= 4 is 5.69 Å². The van der Waals surface area contributed by atoms with Crippen LogP contribution in [0.3, 0.4) is 0 Å². The first-order chi connectivity index (χ1) is 6.27. The Bertz CT molecular complexity index is 325. The van der Waals surface area contributed by atoms with E-state index in [0.717, 1.165) is 17.0 Å². The Morgan fingerprint density at radius 1 is 1.54 bits per heavy atom. The van der Waals surface area contributed by atoms with Crippen LogP contribution in [0.25, 0.3) is 0 Å². The van der Waals surface area contributed by atoms with Gasteiger partial charge in [-0.3, -0.25) is 0 Å². The average Bonchev–Trinajstić information content (AvgIpc) is 2.15. The number of terminal acetylenes is 1. The summed E-state index contributed by atoms with van der Waals surface area (Å²) in [7, 11) is 1.66. The largest absolute Gasteiger partial charge is 0.496 e. The van der Waals surface area contributed by atoms with Gasteiger partial charge < -0.3 is 10.1 Å². The third kappa shape index (κ3) is 2.41. The fourth-order valence-corrected chi connectivity index (χ4v) is 1.14. The SMILES string of the molecule is C#CCNc1ccc(OC)c(C)c1. The van der Waals surface area contributed by atoms with Crippen LogP contribution in [0, 0.1) is 19.3 Å². The molecule has 1 rings (SSSR count). The Labute approximate surface area is 78.9 Å². The summed E-state index contributed by atoms with van der Waals surface area (Å²) in [6.45, 7) is 2.55. The minimum Gasteiger partial charge on any atom is -0.496 e. The number of benzene rings is 1. The maximum Gasteiger partial charge on any atom is 0.121 e. The molecular weight excluding hydrogens is 162 g/mol. The van der Waals surface area contributed by atoms with E-state index >= 15 is 0 Å². The van der Waals surface area contributed by atoms with Crippen LogP contribution in [0.15, 0.2) is 18.2 Å². The molecule has 0 bridgehead atoms. The summed E-state index contributed by atoms with van der Waals surface area (Å²) in [6, 6.07) is 5.88. The van der Waals surface area contributed by atoms with Gasteiger partial charge in [0.05, 0.1) is 13.7 Å². The molecule has 68 valence electrons. The van der Waals surface area contributed by atoms with Gasteiger partial charge in [-0.05, 0) is 30.7 Å². The fraction of sp³-hybridized carbons (Fsp3) is 0.273. The smallest absolute Gasteiger partial charge is 0.121 e. The predicted molar refractivity (Wildman–Crippen MR) is 55.1 cm³/mol. The molecule has 0 aromatic heterocycles. The van der Waals surface area contributed by atoms with Crippen molar-refractivity contribution in [2.45, 2.75) is 6.92 Å². The molecule has 0 aliphatic carbocycles. The first-order valence-electron chi connectivity index (χ1n) is 4.10. The van der Waals surface area contributed by atoms with E-state index in [1.165, 1.54) is 0 Å². The van der Waals surface area contributed by atoms with Crippen LogP contribution in [-0.2, 0) is 0 Å². The quantitative estimate of drug-likeness (QED) is 0.710. The lowest BCUT2D eigenvalue weighted by Gasteiger charge is -2.07. The van der Waals surface area contributed by atoms with Gasteiger partial charge in [-0.25, -0.2) is 0 Å². The monoisotopic (exact) mass is 175 g/mol. The standard InChI is InChI=1S/C11H13NO/c1-4-7-12-10-5-6-11(13-3)9(2)8-10/h1,5-6,8,12H,7H2,2-3H3. The molecule has 0 aliphatic rings. The lowest BCUT2D eigenvalue weighted by Crippen LogP contribution is -1.98.